The predicted octanol–water partition coefficient (Wildman–Crippen LogP) is 2.67. The normalized spacial score (nSPS) is 11.9. The second-order valence-corrected chi connectivity index (χ2v) is 3.31. The second-order valence-electron chi connectivity index (χ2n) is 2.18. The molecule has 0 fully saturated rings. The molecule has 0 aliphatic carbocycles. The van der Waals surface area contributed by atoms with Gasteiger partial charge >= 0.3 is 8.60 Å². The number of rotatable bonds is 7. The fourth-order valence-electron chi connectivity index (χ4n) is 0.621. The molecule has 0 aliphatic heterocycles. The van der Waals surface area contributed by atoms with E-state index in [1.165, 1.54) is 0 Å². The molecule has 0 unspecified atom stereocenters. The molecule has 0 heterocycles. The van der Waals surface area contributed by atoms with Gasteiger partial charge in [-0.2, -0.15) is 0 Å². The fourth-order valence-corrected chi connectivity index (χ4v) is 1.39. The maximum atomic E-state index is 5.17. The molecule has 0 amide bonds. The average molecular weight is 223 g/mol. The van der Waals surface area contributed by atoms with Gasteiger partial charge in [0.2, 0.25) is 5.90 Å². The third kappa shape index (κ3) is 7.06. The van der Waals surface area contributed by atoms with E-state index in [-0.39, 0.29) is 0 Å². The maximum absolute atomic E-state index is 5.17. The van der Waals surface area contributed by atoms with Crippen LogP contribution in [0.1, 0.15) is 27.7 Å². The van der Waals surface area contributed by atoms with Crippen molar-refractivity contribution in [1.82, 2.24) is 0 Å². The SMILES string of the molecule is CCO/C(C)=N/OP(OCC)OCC. The largest absolute Gasteiger partial charge is 0.479 e. The van der Waals surface area contributed by atoms with Gasteiger partial charge in [0.15, 0.2) is 0 Å². The van der Waals surface area contributed by atoms with Crippen LogP contribution in [0.15, 0.2) is 5.16 Å². The van der Waals surface area contributed by atoms with Crippen molar-refractivity contribution in [1.29, 1.82) is 0 Å². The van der Waals surface area contributed by atoms with Gasteiger partial charge in [-0.3, -0.25) is 0 Å². The minimum Gasteiger partial charge on any atom is -0.479 e. The summed E-state index contributed by atoms with van der Waals surface area (Å²) < 4.78 is 20.4. The van der Waals surface area contributed by atoms with E-state index in [0.717, 1.165) is 0 Å². The first kappa shape index (κ1) is 13.6. The van der Waals surface area contributed by atoms with Gasteiger partial charge in [-0.15, -0.1) is 0 Å². The summed E-state index contributed by atoms with van der Waals surface area (Å²) in [6, 6.07) is 0. The lowest BCUT2D eigenvalue weighted by atomic mass is 10.7. The van der Waals surface area contributed by atoms with E-state index in [0.29, 0.717) is 25.7 Å². The van der Waals surface area contributed by atoms with Gasteiger partial charge in [-0.1, -0.05) is 0 Å². The Morgan fingerprint density at radius 1 is 1.07 bits per heavy atom. The van der Waals surface area contributed by atoms with E-state index in [4.69, 9.17) is 18.4 Å². The molecule has 0 radical (unpaired) electrons. The summed E-state index contributed by atoms with van der Waals surface area (Å²) >= 11 is 0. The molecule has 0 bridgehead atoms. The molecular formula is C8H18NO4P. The van der Waals surface area contributed by atoms with Crippen LogP contribution in [-0.4, -0.2) is 25.7 Å². The summed E-state index contributed by atoms with van der Waals surface area (Å²) in [4.78, 5) is 0. The lowest BCUT2D eigenvalue weighted by Crippen LogP contribution is -2.00. The standard InChI is InChI=1S/C8H18NO4P/c1-5-10-8(4)9-13-14(11-6-2)12-7-3/h5-7H2,1-4H3/b9-8+. The lowest BCUT2D eigenvalue weighted by molar-refractivity contribution is 0.168. The average Bonchev–Trinajstić information content (AvgIpc) is 2.15. The van der Waals surface area contributed by atoms with E-state index in [1.54, 1.807) is 6.92 Å². The summed E-state index contributed by atoms with van der Waals surface area (Å²) in [6.07, 6.45) is 0. The minimum absolute atomic E-state index is 0.472. The van der Waals surface area contributed by atoms with Crippen molar-refractivity contribution >= 4 is 14.5 Å². The zero-order valence-electron chi connectivity index (χ0n) is 9.15. The molecule has 84 valence electrons. The van der Waals surface area contributed by atoms with Crippen LogP contribution in [0.25, 0.3) is 0 Å². The first-order valence-electron chi connectivity index (χ1n) is 4.65. The number of nitrogens with zero attached hydrogens (tertiary/aromatic N) is 1. The molecule has 0 aromatic heterocycles. The summed E-state index contributed by atoms with van der Waals surface area (Å²) in [5, 5.41) is 3.72. The van der Waals surface area contributed by atoms with Crippen molar-refractivity contribution < 1.29 is 18.4 Å². The highest BCUT2D eigenvalue weighted by molar-refractivity contribution is 7.41. The molecule has 0 rings (SSSR count). The Morgan fingerprint density at radius 3 is 2.07 bits per heavy atom. The maximum Gasteiger partial charge on any atom is 0.419 e. The minimum atomic E-state index is -1.37. The van der Waals surface area contributed by atoms with Crippen molar-refractivity contribution in [3.8, 4) is 0 Å². The zero-order chi connectivity index (χ0) is 10.8. The van der Waals surface area contributed by atoms with Gasteiger partial charge in [0, 0.05) is 6.92 Å². The first-order chi connectivity index (χ1) is 6.74. The van der Waals surface area contributed by atoms with Crippen LogP contribution in [0, 0.1) is 0 Å². The van der Waals surface area contributed by atoms with Gasteiger partial charge in [-0.05, 0) is 25.9 Å². The Kier molecular flexibility index (Phi) is 8.94. The van der Waals surface area contributed by atoms with Gasteiger partial charge < -0.3 is 18.4 Å². The topological polar surface area (TPSA) is 49.3 Å². The van der Waals surface area contributed by atoms with Crippen LogP contribution < -0.4 is 0 Å². The molecule has 0 aliphatic rings. The Balaban J connectivity index is 3.83. The number of ether oxygens (including phenoxy) is 1. The Labute approximate surface area is 86.4 Å². The van der Waals surface area contributed by atoms with Gasteiger partial charge in [0.1, 0.15) is 0 Å². The Hall–Kier alpha value is -0.380. The molecule has 0 spiro atoms. The molecule has 6 heteroatoms. The summed E-state index contributed by atoms with van der Waals surface area (Å²) in [6.45, 7) is 8.99. The Bertz CT molecular complexity index is 159. The molecule has 0 saturated heterocycles. The number of hydrogen-bond donors (Lipinski definition) is 0. The number of hydrogen-bond acceptors (Lipinski definition) is 5. The van der Waals surface area contributed by atoms with Gasteiger partial charge in [-0.25, -0.2) is 0 Å². The smallest absolute Gasteiger partial charge is 0.419 e. The second kappa shape index (κ2) is 9.19. The molecule has 0 aromatic rings. The van der Waals surface area contributed by atoms with E-state index in [1.807, 2.05) is 20.8 Å². The summed E-state index contributed by atoms with van der Waals surface area (Å²) in [5.41, 5.74) is 0. The highest BCUT2D eigenvalue weighted by Crippen LogP contribution is 2.39. The molecule has 0 atom stereocenters. The highest BCUT2D eigenvalue weighted by Gasteiger charge is 2.11. The molecular weight excluding hydrogens is 205 g/mol. The van der Waals surface area contributed by atoms with Crippen molar-refractivity contribution in [2.45, 2.75) is 27.7 Å². The molecule has 0 N–H and O–H groups in total. The van der Waals surface area contributed by atoms with E-state index in [9.17, 15) is 0 Å². The first-order valence-corrected chi connectivity index (χ1v) is 5.74. The third-order valence-electron chi connectivity index (χ3n) is 1.06. The van der Waals surface area contributed by atoms with E-state index in [2.05, 4.69) is 5.16 Å². The van der Waals surface area contributed by atoms with Crippen LogP contribution in [0.4, 0.5) is 0 Å². The van der Waals surface area contributed by atoms with Gasteiger partial charge in [0.05, 0.1) is 19.8 Å². The zero-order valence-corrected chi connectivity index (χ0v) is 10.0. The van der Waals surface area contributed by atoms with Crippen LogP contribution in [0.5, 0.6) is 0 Å². The highest BCUT2D eigenvalue weighted by atomic mass is 31.2. The molecule has 14 heavy (non-hydrogen) atoms. The van der Waals surface area contributed by atoms with Crippen molar-refractivity contribution in [3.05, 3.63) is 0 Å². The van der Waals surface area contributed by atoms with Gasteiger partial charge in [0.25, 0.3) is 0 Å². The van der Waals surface area contributed by atoms with Crippen molar-refractivity contribution in [2.75, 3.05) is 19.8 Å². The van der Waals surface area contributed by atoms with Crippen molar-refractivity contribution in [3.63, 3.8) is 0 Å². The van der Waals surface area contributed by atoms with Crippen molar-refractivity contribution in [2.24, 2.45) is 5.16 Å². The quantitative estimate of drug-likeness (QED) is 0.288. The van der Waals surface area contributed by atoms with Crippen LogP contribution in [0.2, 0.25) is 0 Å². The lowest BCUT2D eigenvalue weighted by Gasteiger charge is -2.11. The molecule has 5 nitrogen and oxygen atoms in total. The van der Waals surface area contributed by atoms with Crippen LogP contribution in [0.3, 0.4) is 0 Å². The summed E-state index contributed by atoms with van der Waals surface area (Å²) in [5.74, 6) is 0.472. The van der Waals surface area contributed by atoms with E-state index < -0.39 is 8.60 Å². The van der Waals surface area contributed by atoms with Crippen LogP contribution in [-0.2, 0) is 18.4 Å². The third-order valence-corrected chi connectivity index (χ3v) is 2.21. The fraction of sp³-hybridized carbons (Fsp3) is 0.875. The number of oxime groups is 1. The van der Waals surface area contributed by atoms with E-state index >= 15 is 0 Å². The monoisotopic (exact) mass is 223 g/mol. The Morgan fingerprint density at radius 2 is 1.64 bits per heavy atom. The predicted molar refractivity (Wildman–Crippen MR) is 56.0 cm³/mol. The molecule has 0 aromatic carbocycles. The van der Waals surface area contributed by atoms with Crippen LogP contribution >= 0.6 is 8.60 Å². The summed E-state index contributed by atoms with van der Waals surface area (Å²) in [7, 11) is -1.37. The molecule has 0 saturated carbocycles.